The molecule has 0 bridgehead atoms. The van der Waals surface area contributed by atoms with Crippen LogP contribution in [-0.4, -0.2) is 58.5 Å². The summed E-state index contributed by atoms with van der Waals surface area (Å²) < 4.78 is 0. The minimum atomic E-state index is -0.147. The Labute approximate surface area is 229 Å². The highest BCUT2D eigenvalue weighted by atomic mass is 35.5. The molecule has 0 atom stereocenters. The average molecular weight is 543 g/mol. The third-order valence-electron chi connectivity index (χ3n) is 6.18. The van der Waals surface area contributed by atoms with Crippen molar-refractivity contribution in [3.05, 3.63) is 71.9 Å². The van der Waals surface area contributed by atoms with E-state index in [4.69, 9.17) is 4.98 Å². The van der Waals surface area contributed by atoms with E-state index in [1.807, 2.05) is 54.6 Å². The monoisotopic (exact) mass is 541 g/mol. The van der Waals surface area contributed by atoms with Crippen molar-refractivity contribution in [2.75, 3.05) is 43.4 Å². The molecule has 1 aliphatic rings. The first-order valence-electron chi connectivity index (χ1n) is 12.2. The van der Waals surface area contributed by atoms with Gasteiger partial charge >= 0.3 is 0 Å². The average Bonchev–Trinajstić information content (AvgIpc) is 3.34. The molecule has 5 rings (SSSR count). The number of imidazole rings is 1. The van der Waals surface area contributed by atoms with Crippen molar-refractivity contribution >= 4 is 53.3 Å². The first kappa shape index (κ1) is 28.4. The lowest BCUT2D eigenvalue weighted by molar-refractivity contribution is 0.102. The van der Waals surface area contributed by atoms with Crippen LogP contribution in [0, 0.1) is 0 Å². The number of piperazine rings is 1. The topological polar surface area (TPSA) is 98.0 Å². The number of benzene rings is 2. The molecule has 0 unspecified atom stereocenters. The summed E-state index contributed by atoms with van der Waals surface area (Å²) in [5.74, 6) is 1.41. The number of halogens is 2. The molecule has 3 heterocycles. The molecule has 2 aromatic carbocycles. The van der Waals surface area contributed by atoms with Crippen LogP contribution in [0.5, 0.6) is 0 Å². The first-order valence-corrected chi connectivity index (χ1v) is 12.2. The number of carbonyl (C=O) groups is 1. The fourth-order valence-corrected chi connectivity index (χ4v) is 4.28. The lowest BCUT2D eigenvalue weighted by Gasteiger charge is -2.27. The van der Waals surface area contributed by atoms with E-state index in [2.05, 4.69) is 37.7 Å². The Balaban J connectivity index is 0.00000190. The number of amides is 1. The molecule has 1 aliphatic heterocycles. The molecule has 0 spiro atoms. The van der Waals surface area contributed by atoms with Gasteiger partial charge in [0.25, 0.3) is 5.91 Å². The van der Waals surface area contributed by atoms with E-state index in [0.29, 0.717) is 11.3 Å². The number of para-hydroxylation sites is 1. The zero-order valence-electron chi connectivity index (χ0n) is 20.8. The molecule has 37 heavy (non-hydrogen) atoms. The molecular formula is C27H33Cl2N7O. The number of aromatic amines is 1. The van der Waals surface area contributed by atoms with E-state index in [9.17, 15) is 4.79 Å². The predicted octanol–water partition coefficient (Wildman–Crippen LogP) is 4.95. The highest BCUT2D eigenvalue weighted by Crippen LogP contribution is 2.27. The van der Waals surface area contributed by atoms with Gasteiger partial charge in [-0.3, -0.25) is 9.69 Å². The molecular weight excluding hydrogens is 509 g/mol. The number of nitrogens with zero attached hydrogens (tertiary/aromatic N) is 3. The largest absolute Gasteiger partial charge is 0.370 e. The van der Waals surface area contributed by atoms with Crippen molar-refractivity contribution in [1.82, 2.24) is 25.2 Å². The Bertz CT molecular complexity index is 1300. The highest BCUT2D eigenvalue weighted by molar-refractivity contribution is 6.08. The lowest BCUT2D eigenvalue weighted by Crippen LogP contribution is -2.42. The number of anilines is 2. The van der Waals surface area contributed by atoms with Crippen LogP contribution >= 0.6 is 24.8 Å². The molecule has 4 aromatic rings. The SMILES string of the molecule is CCCNc1cc(-c2nc3c(NC(=O)c4ccc(CN5CCNCC5)cc4)cccc3[nH]2)ccn1.Cl.Cl. The quantitative estimate of drug-likeness (QED) is 0.252. The molecule has 4 N–H and O–H groups in total. The molecule has 1 saturated heterocycles. The summed E-state index contributed by atoms with van der Waals surface area (Å²) in [5, 5.41) is 9.72. The van der Waals surface area contributed by atoms with E-state index in [-0.39, 0.29) is 30.7 Å². The van der Waals surface area contributed by atoms with Gasteiger partial charge in [-0.1, -0.05) is 25.1 Å². The van der Waals surface area contributed by atoms with Crippen molar-refractivity contribution in [1.29, 1.82) is 0 Å². The number of hydrogen-bond acceptors (Lipinski definition) is 6. The van der Waals surface area contributed by atoms with Crippen LogP contribution in [0.15, 0.2) is 60.8 Å². The zero-order chi connectivity index (χ0) is 24.0. The number of H-pyrrole nitrogens is 1. The van der Waals surface area contributed by atoms with Gasteiger partial charge in [-0.2, -0.15) is 0 Å². The van der Waals surface area contributed by atoms with Crippen LogP contribution < -0.4 is 16.0 Å². The van der Waals surface area contributed by atoms with Crippen molar-refractivity contribution in [2.24, 2.45) is 0 Å². The number of aromatic nitrogens is 3. The van der Waals surface area contributed by atoms with Crippen molar-refractivity contribution in [2.45, 2.75) is 19.9 Å². The van der Waals surface area contributed by atoms with Gasteiger partial charge in [0.05, 0.1) is 11.2 Å². The molecule has 2 aromatic heterocycles. The Morgan fingerprint density at radius 2 is 1.84 bits per heavy atom. The maximum Gasteiger partial charge on any atom is 0.255 e. The number of pyridine rings is 1. The third kappa shape index (κ3) is 6.99. The maximum atomic E-state index is 13.0. The van der Waals surface area contributed by atoms with E-state index in [1.54, 1.807) is 6.20 Å². The molecule has 8 nitrogen and oxygen atoms in total. The maximum absolute atomic E-state index is 13.0. The fraction of sp³-hybridized carbons (Fsp3) is 0.296. The van der Waals surface area contributed by atoms with Crippen LogP contribution in [0.3, 0.4) is 0 Å². The van der Waals surface area contributed by atoms with E-state index >= 15 is 0 Å². The van der Waals surface area contributed by atoms with Gasteiger partial charge in [-0.05, 0) is 48.4 Å². The van der Waals surface area contributed by atoms with Gasteiger partial charge in [-0.15, -0.1) is 24.8 Å². The van der Waals surface area contributed by atoms with Gasteiger partial charge in [-0.25, -0.2) is 9.97 Å². The van der Waals surface area contributed by atoms with Crippen LogP contribution in [0.4, 0.5) is 11.5 Å². The lowest BCUT2D eigenvalue weighted by atomic mass is 10.1. The fourth-order valence-electron chi connectivity index (χ4n) is 4.28. The second-order valence-corrected chi connectivity index (χ2v) is 8.82. The Morgan fingerprint density at radius 1 is 1.05 bits per heavy atom. The number of fused-ring (bicyclic) bond motifs is 1. The standard InChI is InChI=1S/C27H31N7O.2ClH/c1-2-11-29-24-17-21(10-12-30-24)26-31-22-4-3-5-23(25(22)33-26)32-27(35)20-8-6-19(7-9-20)18-34-15-13-28-14-16-34;;/h3-10,12,17,28H,2,11,13-16,18H2,1H3,(H,29,30)(H,31,33)(H,32,35);2*1H. The Kier molecular flexibility index (Phi) is 10.3. The second-order valence-electron chi connectivity index (χ2n) is 8.82. The predicted molar refractivity (Wildman–Crippen MR) is 155 cm³/mol. The molecule has 0 radical (unpaired) electrons. The minimum Gasteiger partial charge on any atom is -0.370 e. The van der Waals surface area contributed by atoms with E-state index in [1.165, 1.54) is 5.56 Å². The smallest absolute Gasteiger partial charge is 0.255 e. The molecule has 1 fully saturated rings. The Morgan fingerprint density at radius 3 is 2.59 bits per heavy atom. The number of nitrogens with one attached hydrogen (secondary N) is 4. The zero-order valence-corrected chi connectivity index (χ0v) is 22.4. The summed E-state index contributed by atoms with van der Waals surface area (Å²) in [5.41, 5.74) is 5.05. The normalized spacial score (nSPS) is 13.4. The van der Waals surface area contributed by atoms with Crippen molar-refractivity contribution in [3.63, 3.8) is 0 Å². The first-order chi connectivity index (χ1) is 17.2. The summed E-state index contributed by atoms with van der Waals surface area (Å²) in [6.45, 7) is 8.04. The van der Waals surface area contributed by atoms with Crippen molar-refractivity contribution in [3.8, 4) is 11.4 Å². The number of carbonyl (C=O) groups excluding carboxylic acids is 1. The summed E-state index contributed by atoms with van der Waals surface area (Å²) in [6.07, 6.45) is 2.80. The minimum absolute atomic E-state index is 0. The summed E-state index contributed by atoms with van der Waals surface area (Å²) in [6, 6.07) is 17.5. The summed E-state index contributed by atoms with van der Waals surface area (Å²) in [7, 11) is 0. The van der Waals surface area contributed by atoms with Crippen molar-refractivity contribution < 1.29 is 4.79 Å². The van der Waals surface area contributed by atoms with Crippen LogP contribution in [-0.2, 0) is 6.54 Å². The highest BCUT2D eigenvalue weighted by Gasteiger charge is 2.14. The Hall–Kier alpha value is -3.17. The summed E-state index contributed by atoms with van der Waals surface area (Å²) in [4.78, 5) is 28.0. The molecule has 0 saturated carbocycles. The van der Waals surface area contributed by atoms with Crippen LogP contribution in [0.2, 0.25) is 0 Å². The van der Waals surface area contributed by atoms with E-state index < -0.39 is 0 Å². The van der Waals surface area contributed by atoms with Gasteiger partial charge in [0.1, 0.15) is 17.2 Å². The van der Waals surface area contributed by atoms with Crippen LogP contribution in [0.1, 0.15) is 29.3 Å². The van der Waals surface area contributed by atoms with Gasteiger partial charge in [0, 0.05) is 56.6 Å². The number of rotatable bonds is 8. The number of hydrogen-bond donors (Lipinski definition) is 4. The molecule has 196 valence electrons. The third-order valence-corrected chi connectivity index (χ3v) is 6.18. The summed E-state index contributed by atoms with van der Waals surface area (Å²) >= 11 is 0. The van der Waals surface area contributed by atoms with Gasteiger partial charge in [0.2, 0.25) is 0 Å². The second kappa shape index (κ2) is 13.4. The van der Waals surface area contributed by atoms with Gasteiger partial charge < -0.3 is 20.9 Å². The molecule has 1 amide bonds. The van der Waals surface area contributed by atoms with Crippen LogP contribution in [0.25, 0.3) is 22.4 Å². The molecule has 10 heteroatoms. The van der Waals surface area contributed by atoms with Gasteiger partial charge in [0.15, 0.2) is 0 Å². The van der Waals surface area contributed by atoms with E-state index in [0.717, 1.165) is 73.9 Å². The molecule has 0 aliphatic carbocycles.